The summed E-state index contributed by atoms with van der Waals surface area (Å²) < 4.78 is 2.44. The maximum atomic E-state index is 2.47. The molecule has 0 fully saturated rings. The van der Waals surface area contributed by atoms with Crippen LogP contribution in [0.5, 0.6) is 0 Å². The summed E-state index contributed by atoms with van der Waals surface area (Å²) in [6.07, 6.45) is 0. The number of hydrogen-bond acceptors (Lipinski definition) is 2. The van der Waals surface area contributed by atoms with E-state index in [1.807, 2.05) is 0 Å². The monoisotopic (exact) mass is 679 g/mol. The Balaban J connectivity index is 1.30. The fraction of sp³-hybridized carbons (Fsp3) is 0.0400. The molecule has 0 N–H and O–H groups in total. The van der Waals surface area contributed by atoms with Crippen LogP contribution in [0, 0.1) is 13.8 Å². The lowest BCUT2D eigenvalue weighted by molar-refractivity contribution is 1.15. The topological polar surface area (TPSA) is 11.4 Å². The van der Waals surface area contributed by atoms with Crippen molar-refractivity contribution in [3.8, 4) is 27.9 Å². The molecule has 0 saturated carbocycles. The highest BCUT2D eigenvalue weighted by Gasteiger charge is 2.33. The van der Waals surface area contributed by atoms with Crippen molar-refractivity contribution < 1.29 is 0 Å². The molecule has 9 aromatic rings. The molecule has 0 amide bonds. The molecule has 1 aliphatic heterocycles. The van der Waals surface area contributed by atoms with Gasteiger partial charge in [-0.15, -0.1) is 0 Å². The van der Waals surface area contributed by atoms with Gasteiger partial charge in [0.15, 0.2) is 0 Å². The summed E-state index contributed by atoms with van der Waals surface area (Å²) in [6.45, 7) is 4.45. The Morgan fingerprint density at radius 1 is 0.321 bits per heavy atom. The lowest BCUT2D eigenvalue weighted by Crippen LogP contribution is -2.24. The van der Waals surface area contributed by atoms with Crippen LogP contribution in [0.25, 0.3) is 49.7 Å². The molecule has 0 atom stereocenters. The van der Waals surface area contributed by atoms with Crippen LogP contribution in [0.4, 0.5) is 34.1 Å². The highest BCUT2D eigenvalue weighted by atomic mass is 15.3. The van der Waals surface area contributed by atoms with E-state index in [-0.39, 0.29) is 0 Å². The second-order valence-corrected chi connectivity index (χ2v) is 13.9. The molecular formula is C50H37N3. The SMILES string of the molecule is Cc1ccccc1-c1cc2c(cc1C)N(c1ccccc1)c1cc3c4ccccc4n(-c4cccc(-c5ccccc5)c4)c3cc1N2c1ccccc1. The summed E-state index contributed by atoms with van der Waals surface area (Å²) in [6, 6.07) is 68.4. The fourth-order valence-electron chi connectivity index (χ4n) is 8.26. The minimum Gasteiger partial charge on any atom is -0.309 e. The Morgan fingerprint density at radius 3 is 1.58 bits per heavy atom. The van der Waals surface area contributed by atoms with E-state index in [0.29, 0.717) is 0 Å². The number of benzene rings is 8. The Kier molecular flexibility index (Phi) is 7.26. The van der Waals surface area contributed by atoms with E-state index in [4.69, 9.17) is 0 Å². The van der Waals surface area contributed by atoms with E-state index in [1.54, 1.807) is 0 Å². The lowest BCUT2D eigenvalue weighted by atomic mass is 9.93. The van der Waals surface area contributed by atoms with Gasteiger partial charge in [0, 0.05) is 27.8 Å². The largest absolute Gasteiger partial charge is 0.309 e. The summed E-state index contributed by atoms with van der Waals surface area (Å²) in [5.74, 6) is 0. The molecule has 3 heteroatoms. The van der Waals surface area contributed by atoms with Gasteiger partial charge in [0.05, 0.1) is 33.8 Å². The van der Waals surface area contributed by atoms with Crippen LogP contribution in [0.2, 0.25) is 0 Å². The molecule has 1 aromatic heterocycles. The molecule has 3 nitrogen and oxygen atoms in total. The Bertz CT molecular complexity index is 2800. The normalized spacial score (nSPS) is 12.3. The second-order valence-electron chi connectivity index (χ2n) is 13.9. The third-order valence-electron chi connectivity index (χ3n) is 10.7. The fourth-order valence-corrected chi connectivity index (χ4v) is 8.26. The Labute approximate surface area is 310 Å². The highest BCUT2D eigenvalue weighted by Crippen LogP contribution is 2.57. The molecule has 10 rings (SSSR count). The minimum absolute atomic E-state index is 1.12. The van der Waals surface area contributed by atoms with Crippen molar-refractivity contribution in [3.05, 3.63) is 199 Å². The van der Waals surface area contributed by atoms with Crippen molar-refractivity contribution in [3.63, 3.8) is 0 Å². The minimum atomic E-state index is 1.12. The molecule has 8 aromatic carbocycles. The summed E-state index contributed by atoms with van der Waals surface area (Å²) in [7, 11) is 0. The van der Waals surface area contributed by atoms with Gasteiger partial charge in [-0.1, -0.05) is 121 Å². The number of rotatable bonds is 5. The molecule has 0 saturated heterocycles. The van der Waals surface area contributed by atoms with Crippen LogP contribution in [0.1, 0.15) is 11.1 Å². The molecule has 0 radical (unpaired) electrons. The maximum Gasteiger partial charge on any atom is 0.0724 e. The van der Waals surface area contributed by atoms with Crippen LogP contribution in [0.15, 0.2) is 188 Å². The molecule has 53 heavy (non-hydrogen) atoms. The molecule has 252 valence electrons. The predicted molar refractivity (Wildman–Crippen MR) is 224 cm³/mol. The van der Waals surface area contributed by atoms with Crippen molar-refractivity contribution in [2.24, 2.45) is 0 Å². The van der Waals surface area contributed by atoms with E-state index < -0.39 is 0 Å². The van der Waals surface area contributed by atoms with Crippen LogP contribution in [-0.2, 0) is 0 Å². The van der Waals surface area contributed by atoms with E-state index in [9.17, 15) is 0 Å². The third-order valence-corrected chi connectivity index (χ3v) is 10.7. The van der Waals surface area contributed by atoms with Crippen molar-refractivity contribution >= 4 is 55.9 Å². The predicted octanol–water partition coefficient (Wildman–Crippen LogP) is 14.0. The Hall–Kier alpha value is -6.84. The average molecular weight is 680 g/mol. The number of aromatic nitrogens is 1. The van der Waals surface area contributed by atoms with E-state index >= 15 is 0 Å². The highest BCUT2D eigenvalue weighted by molar-refractivity contribution is 6.15. The first-order valence-corrected chi connectivity index (χ1v) is 18.3. The van der Waals surface area contributed by atoms with Crippen molar-refractivity contribution in [1.29, 1.82) is 0 Å². The van der Waals surface area contributed by atoms with Crippen LogP contribution < -0.4 is 9.80 Å². The molecule has 0 unspecified atom stereocenters. The van der Waals surface area contributed by atoms with Crippen LogP contribution in [-0.4, -0.2) is 4.57 Å². The zero-order valence-electron chi connectivity index (χ0n) is 29.7. The maximum absolute atomic E-state index is 2.47. The summed E-state index contributed by atoms with van der Waals surface area (Å²) >= 11 is 0. The summed E-state index contributed by atoms with van der Waals surface area (Å²) in [5, 5.41) is 2.45. The van der Waals surface area contributed by atoms with Crippen molar-refractivity contribution in [1.82, 2.24) is 4.57 Å². The number of aryl methyl sites for hydroxylation is 2. The first-order chi connectivity index (χ1) is 26.1. The standard InChI is InChI=1S/C50H37N3/c1-34-17-12-13-26-41(34)43-31-48-47(29-35(43)2)51(38-21-8-4-9-22-38)49-32-44-42-27-14-15-28-45(42)53(40-25-16-20-37(30-40)36-18-6-3-7-19-36)46(44)33-50(49)52(48)39-23-10-5-11-24-39/h3-33H,1-2H3. The van der Waals surface area contributed by atoms with E-state index in [1.165, 1.54) is 55.2 Å². The van der Waals surface area contributed by atoms with Gasteiger partial charge < -0.3 is 14.4 Å². The van der Waals surface area contributed by atoms with Gasteiger partial charge >= 0.3 is 0 Å². The summed E-state index contributed by atoms with van der Waals surface area (Å²) in [5.41, 5.74) is 17.7. The summed E-state index contributed by atoms with van der Waals surface area (Å²) in [4.78, 5) is 4.92. The number of nitrogens with zero attached hydrogens (tertiary/aromatic N) is 3. The van der Waals surface area contributed by atoms with Gasteiger partial charge in [0.1, 0.15) is 0 Å². The van der Waals surface area contributed by atoms with Crippen LogP contribution in [0.3, 0.4) is 0 Å². The van der Waals surface area contributed by atoms with Gasteiger partial charge in [0.25, 0.3) is 0 Å². The van der Waals surface area contributed by atoms with Gasteiger partial charge in [-0.2, -0.15) is 0 Å². The molecule has 0 spiro atoms. The first-order valence-electron chi connectivity index (χ1n) is 18.3. The quantitative estimate of drug-likeness (QED) is 0.179. The van der Waals surface area contributed by atoms with Gasteiger partial charge in [0.2, 0.25) is 0 Å². The first kappa shape index (κ1) is 30.9. The van der Waals surface area contributed by atoms with Crippen molar-refractivity contribution in [2.45, 2.75) is 13.8 Å². The van der Waals surface area contributed by atoms with E-state index in [0.717, 1.165) is 39.8 Å². The molecule has 2 heterocycles. The molecule has 0 aliphatic carbocycles. The second kappa shape index (κ2) is 12.4. The zero-order valence-corrected chi connectivity index (χ0v) is 29.7. The van der Waals surface area contributed by atoms with Gasteiger partial charge in [-0.25, -0.2) is 0 Å². The number of anilines is 6. The van der Waals surface area contributed by atoms with Gasteiger partial charge in [-0.3, -0.25) is 0 Å². The van der Waals surface area contributed by atoms with Crippen LogP contribution >= 0.6 is 0 Å². The van der Waals surface area contributed by atoms with Crippen molar-refractivity contribution in [2.75, 3.05) is 9.80 Å². The molecular weight excluding hydrogens is 643 g/mol. The number of fused-ring (bicyclic) bond motifs is 5. The molecule has 0 bridgehead atoms. The zero-order chi connectivity index (χ0) is 35.5. The smallest absolute Gasteiger partial charge is 0.0724 e. The third kappa shape index (κ3) is 5.04. The average Bonchev–Trinajstić information content (AvgIpc) is 3.53. The number of para-hydroxylation sites is 3. The lowest BCUT2D eigenvalue weighted by Gasteiger charge is -2.41. The van der Waals surface area contributed by atoms with Gasteiger partial charge in [-0.05, 0) is 114 Å². The molecule has 1 aliphatic rings. The van der Waals surface area contributed by atoms with E-state index in [2.05, 4.69) is 216 Å². The number of hydrogen-bond donors (Lipinski definition) is 0. The Morgan fingerprint density at radius 2 is 0.868 bits per heavy atom.